The fraction of sp³-hybridized carbons (Fsp3) is 0.318. The Balaban J connectivity index is 1.81. The molecule has 0 unspecified atom stereocenters. The lowest BCUT2D eigenvalue weighted by Gasteiger charge is -2.19. The lowest BCUT2D eigenvalue weighted by molar-refractivity contribution is -0.131. The molecule has 0 heterocycles. The van der Waals surface area contributed by atoms with Crippen molar-refractivity contribution in [3.05, 3.63) is 59.2 Å². The van der Waals surface area contributed by atoms with E-state index in [1.807, 2.05) is 32.0 Å². The topological polar surface area (TPSA) is 82.0 Å². The monoisotopic (exact) mass is 361 g/mol. The van der Waals surface area contributed by atoms with E-state index in [9.17, 15) is 14.9 Å². The molecule has 2 aromatic rings. The van der Waals surface area contributed by atoms with Crippen LogP contribution < -0.4 is 10.6 Å². The van der Waals surface area contributed by atoms with Gasteiger partial charge in [0.15, 0.2) is 0 Å². The van der Waals surface area contributed by atoms with E-state index >= 15 is 0 Å². The molecule has 2 N–H and O–H groups in total. The molecular weight excluding hydrogens is 338 g/mol. The van der Waals surface area contributed by atoms with Crippen molar-refractivity contribution in [2.24, 2.45) is 5.41 Å². The Labute approximate surface area is 159 Å². The first kappa shape index (κ1) is 18.7. The molecule has 5 heteroatoms. The molecule has 3 rings (SSSR count). The van der Waals surface area contributed by atoms with E-state index in [4.69, 9.17) is 0 Å². The van der Waals surface area contributed by atoms with Crippen LogP contribution in [0.25, 0.3) is 0 Å². The molecule has 27 heavy (non-hydrogen) atoms. The molecule has 0 saturated heterocycles. The largest absolute Gasteiger partial charge is 0.325 e. The fourth-order valence-corrected chi connectivity index (χ4v) is 3.25. The van der Waals surface area contributed by atoms with E-state index in [0.717, 1.165) is 29.7 Å². The van der Waals surface area contributed by atoms with Crippen molar-refractivity contribution in [2.75, 3.05) is 10.6 Å². The third-order valence-corrected chi connectivity index (χ3v) is 5.15. The predicted molar refractivity (Wildman–Crippen MR) is 105 cm³/mol. The van der Waals surface area contributed by atoms with Crippen LogP contribution in [0.2, 0.25) is 0 Å². The van der Waals surface area contributed by atoms with Crippen LogP contribution in [0.5, 0.6) is 0 Å². The van der Waals surface area contributed by atoms with Crippen molar-refractivity contribution in [3.63, 3.8) is 0 Å². The van der Waals surface area contributed by atoms with Crippen LogP contribution >= 0.6 is 0 Å². The molecule has 2 amide bonds. The van der Waals surface area contributed by atoms with E-state index in [0.29, 0.717) is 24.1 Å². The van der Waals surface area contributed by atoms with Gasteiger partial charge in [0.1, 0.15) is 11.5 Å². The van der Waals surface area contributed by atoms with Crippen LogP contribution in [0.4, 0.5) is 11.4 Å². The molecule has 0 aliphatic heterocycles. The summed E-state index contributed by atoms with van der Waals surface area (Å²) in [6.07, 6.45) is 2.63. The number of para-hydroxylation sites is 2. The number of nitrogens with zero attached hydrogens (tertiary/aromatic N) is 1. The highest BCUT2D eigenvalue weighted by Gasteiger charge is 2.56. The van der Waals surface area contributed by atoms with Crippen LogP contribution in [0.15, 0.2) is 42.5 Å². The van der Waals surface area contributed by atoms with Crippen molar-refractivity contribution in [2.45, 2.75) is 39.5 Å². The number of carbonyl (C=O) groups excluding carboxylic acids is 2. The summed E-state index contributed by atoms with van der Waals surface area (Å²) in [5, 5.41) is 15.0. The number of amides is 2. The molecule has 138 valence electrons. The molecular formula is C22H23N3O2. The number of benzene rings is 2. The van der Waals surface area contributed by atoms with Crippen LogP contribution in [0.1, 0.15) is 43.4 Å². The Bertz CT molecular complexity index is 901. The molecule has 1 aliphatic carbocycles. The zero-order chi connectivity index (χ0) is 19.4. The second-order valence-electron chi connectivity index (χ2n) is 6.81. The molecule has 0 aromatic heterocycles. The Morgan fingerprint density at radius 2 is 1.56 bits per heavy atom. The third kappa shape index (κ3) is 3.56. The number of hydrogen-bond donors (Lipinski definition) is 2. The number of hydrogen-bond acceptors (Lipinski definition) is 3. The molecule has 1 saturated carbocycles. The first-order valence-electron chi connectivity index (χ1n) is 9.28. The molecule has 1 fully saturated rings. The number of nitriles is 1. The predicted octanol–water partition coefficient (Wildman–Crippen LogP) is 4.04. The highest BCUT2D eigenvalue weighted by molar-refractivity contribution is 6.17. The van der Waals surface area contributed by atoms with Gasteiger partial charge >= 0.3 is 0 Å². The minimum Gasteiger partial charge on any atom is -0.325 e. The number of rotatable bonds is 6. The zero-order valence-corrected chi connectivity index (χ0v) is 15.6. The van der Waals surface area contributed by atoms with E-state index in [1.165, 1.54) is 0 Å². The molecule has 0 bridgehead atoms. The van der Waals surface area contributed by atoms with Crippen LogP contribution in [-0.2, 0) is 22.4 Å². The Morgan fingerprint density at radius 1 is 0.963 bits per heavy atom. The summed E-state index contributed by atoms with van der Waals surface area (Å²) in [4.78, 5) is 25.8. The first-order valence-corrected chi connectivity index (χ1v) is 9.28. The van der Waals surface area contributed by atoms with Crippen LogP contribution in [0.3, 0.4) is 0 Å². The standard InChI is InChI=1S/C22H23N3O2/c1-3-15-9-7-10-16(4-2)19(15)25-21(27)22(12-13-22)20(26)24-18-11-6-5-8-17(18)14-23/h5-11H,3-4,12-13H2,1-2H3,(H,24,26)(H,25,27). The van der Waals surface area contributed by atoms with Gasteiger partial charge in [0.2, 0.25) is 11.8 Å². The van der Waals surface area contributed by atoms with E-state index < -0.39 is 5.41 Å². The van der Waals surface area contributed by atoms with Crippen LogP contribution in [0, 0.1) is 16.7 Å². The maximum atomic E-state index is 13.0. The molecule has 0 spiro atoms. The molecule has 0 atom stereocenters. The Hall–Kier alpha value is -3.13. The highest BCUT2D eigenvalue weighted by Crippen LogP contribution is 2.48. The van der Waals surface area contributed by atoms with Crippen LogP contribution in [-0.4, -0.2) is 11.8 Å². The molecule has 5 nitrogen and oxygen atoms in total. The maximum Gasteiger partial charge on any atom is 0.240 e. The van der Waals surface area contributed by atoms with Gasteiger partial charge in [-0.15, -0.1) is 0 Å². The van der Waals surface area contributed by atoms with Gasteiger partial charge in [0.25, 0.3) is 0 Å². The lowest BCUT2D eigenvalue weighted by Crippen LogP contribution is -2.36. The first-order chi connectivity index (χ1) is 13.1. The van der Waals surface area contributed by atoms with Crippen molar-refractivity contribution < 1.29 is 9.59 Å². The molecule has 1 aliphatic rings. The summed E-state index contributed by atoms with van der Waals surface area (Å²) in [5.41, 5.74) is 2.71. The second kappa shape index (κ2) is 7.63. The highest BCUT2D eigenvalue weighted by atomic mass is 16.2. The van der Waals surface area contributed by atoms with E-state index in [1.54, 1.807) is 24.3 Å². The van der Waals surface area contributed by atoms with Gasteiger partial charge in [0.05, 0.1) is 11.3 Å². The molecule has 0 radical (unpaired) electrons. The summed E-state index contributed by atoms with van der Waals surface area (Å²) in [5.74, 6) is -0.625. The van der Waals surface area contributed by atoms with Crippen molar-refractivity contribution in [1.29, 1.82) is 5.26 Å². The van der Waals surface area contributed by atoms with Crippen molar-refractivity contribution in [3.8, 4) is 6.07 Å². The number of anilines is 2. The SMILES string of the molecule is CCc1cccc(CC)c1NC(=O)C1(C(=O)Nc2ccccc2C#N)CC1. The zero-order valence-electron chi connectivity index (χ0n) is 15.6. The Morgan fingerprint density at radius 3 is 2.11 bits per heavy atom. The van der Waals surface area contributed by atoms with Gasteiger partial charge in [-0.2, -0.15) is 5.26 Å². The van der Waals surface area contributed by atoms with Gasteiger partial charge in [-0.05, 0) is 48.9 Å². The summed E-state index contributed by atoms with van der Waals surface area (Å²) in [7, 11) is 0. The quantitative estimate of drug-likeness (QED) is 0.762. The number of carbonyl (C=O) groups is 2. The van der Waals surface area contributed by atoms with Crippen molar-refractivity contribution >= 4 is 23.2 Å². The lowest BCUT2D eigenvalue weighted by atomic mass is 10.00. The summed E-state index contributed by atoms with van der Waals surface area (Å²) >= 11 is 0. The maximum absolute atomic E-state index is 13.0. The summed E-state index contributed by atoms with van der Waals surface area (Å²) in [6.45, 7) is 4.09. The summed E-state index contributed by atoms with van der Waals surface area (Å²) in [6, 6.07) is 14.8. The van der Waals surface area contributed by atoms with Crippen molar-refractivity contribution in [1.82, 2.24) is 0 Å². The van der Waals surface area contributed by atoms with Gasteiger partial charge in [-0.3, -0.25) is 9.59 Å². The average Bonchev–Trinajstić information content (AvgIpc) is 3.50. The average molecular weight is 361 g/mol. The van der Waals surface area contributed by atoms with E-state index in [2.05, 4.69) is 16.7 Å². The second-order valence-corrected chi connectivity index (χ2v) is 6.81. The summed E-state index contributed by atoms with van der Waals surface area (Å²) < 4.78 is 0. The van der Waals surface area contributed by atoms with Gasteiger partial charge in [0, 0.05) is 5.69 Å². The Kier molecular flexibility index (Phi) is 5.27. The van der Waals surface area contributed by atoms with Gasteiger partial charge in [-0.25, -0.2) is 0 Å². The van der Waals surface area contributed by atoms with Gasteiger partial charge in [-0.1, -0.05) is 44.2 Å². The minimum atomic E-state index is -1.06. The number of aryl methyl sites for hydroxylation is 2. The smallest absolute Gasteiger partial charge is 0.240 e. The van der Waals surface area contributed by atoms with E-state index in [-0.39, 0.29) is 11.8 Å². The third-order valence-electron chi connectivity index (χ3n) is 5.15. The fourth-order valence-electron chi connectivity index (χ4n) is 3.25. The normalized spacial score (nSPS) is 14.1. The minimum absolute atomic E-state index is 0.273. The number of nitrogens with one attached hydrogen (secondary N) is 2. The van der Waals surface area contributed by atoms with Gasteiger partial charge < -0.3 is 10.6 Å². The molecule has 2 aromatic carbocycles.